The number of aliphatic carboxylic acids is 1. The maximum atomic E-state index is 11.2. The van der Waals surface area contributed by atoms with Crippen molar-refractivity contribution in [3.63, 3.8) is 0 Å². The van der Waals surface area contributed by atoms with Gasteiger partial charge in [0.1, 0.15) is 6.54 Å². The third kappa shape index (κ3) is 2.68. The van der Waals surface area contributed by atoms with Crippen LogP contribution < -0.4 is 0 Å². The van der Waals surface area contributed by atoms with E-state index < -0.39 is 5.97 Å². The van der Waals surface area contributed by atoms with Crippen molar-refractivity contribution in [3.8, 4) is 10.7 Å². The molecule has 8 heteroatoms. The number of rotatable bonds is 3. The molecule has 0 spiro atoms. The fourth-order valence-electron chi connectivity index (χ4n) is 2.04. The molecule has 0 bridgehead atoms. The summed E-state index contributed by atoms with van der Waals surface area (Å²) in [4.78, 5) is 16.5. The van der Waals surface area contributed by atoms with E-state index in [0.717, 1.165) is 9.35 Å². The molecule has 4 nitrogen and oxygen atoms in total. The summed E-state index contributed by atoms with van der Waals surface area (Å²) >= 11 is 17.0. The number of carboxylic acids is 1. The number of halogens is 3. The van der Waals surface area contributed by atoms with Crippen LogP contribution in [-0.4, -0.2) is 20.6 Å². The number of thiophene rings is 1. The third-order valence-electron chi connectivity index (χ3n) is 2.90. The molecule has 3 rings (SSSR count). The van der Waals surface area contributed by atoms with E-state index in [1.807, 2.05) is 11.4 Å². The Bertz CT molecular complexity index is 859. The summed E-state index contributed by atoms with van der Waals surface area (Å²) in [7, 11) is 0. The van der Waals surface area contributed by atoms with Crippen LogP contribution in [0.3, 0.4) is 0 Å². The van der Waals surface area contributed by atoms with Gasteiger partial charge in [0, 0.05) is 4.47 Å². The molecule has 0 atom stereocenters. The second-order valence-corrected chi connectivity index (χ2v) is 6.85. The molecule has 108 valence electrons. The normalized spacial score (nSPS) is 11.2. The summed E-state index contributed by atoms with van der Waals surface area (Å²) < 4.78 is 2.49. The summed E-state index contributed by atoms with van der Waals surface area (Å²) in [6.07, 6.45) is 0. The summed E-state index contributed by atoms with van der Waals surface area (Å²) in [6, 6.07) is 5.17. The lowest BCUT2D eigenvalue weighted by Crippen LogP contribution is -2.09. The lowest BCUT2D eigenvalue weighted by atomic mass is 10.3. The van der Waals surface area contributed by atoms with Gasteiger partial charge >= 0.3 is 5.97 Å². The number of nitrogens with zero attached hydrogens (tertiary/aromatic N) is 2. The SMILES string of the molecule is O=C(O)Cn1c(-c2sccc2Br)nc2cc(Cl)c(Cl)cc21. The quantitative estimate of drug-likeness (QED) is 0.672. The molecule has 0 aliphatic rings. The van der Waals surface area contributed by atoms with E-state index in [0.29, 0.717) is 26.9 Å². The van der Waals surface area contributed by atoms with Crippen molar-refractivity contribution in [2.45, 2.75) is 6.54 Å². The molecule has 0 aliphatic heterocycles. The fraction of sp³-hybridized carbons (Fsp3) is 0.0769. The number of hydrogen-bond acceptors (Lipinski definition) is 3. The van der Waals surface area contributed by atoms with Gasteiger partial charge < -0.3 is 9.67 Å². The minimum Gasteiger partial charge on any atom is -0.480 e. The van der Waals surface area contributed by atoms with Crippen molar-refractivity contribution in [1.82, 2.24) is 9.55 Å². The molecule has 2 heterocycles. The molecule has 1 N–H and O–H groups in total. The smallest absolute Gasteiger partial charge is 0.323 e. The zero-order valence-corrected chi connectivity index (χ0v) is 14.2. The van der Waals surface area contributed by atoms with Crippen molar-refractivity contribution in [1.29, 1.82) is 0 Å². The summed E-state index contributed by atoms with van der Waals surface area (Å²) in [5.41, 5.74) is 1.25. The van der Waals surface area contributed by atoms with E-state index in [4.69, 9.17) is 28.3 Å². The first kappa shape index (κ1) is 14.8. The number of fused-ring (bicyclic) bond motifs is 1. The van der Waals surface area contributed by atoms with Gasteiger partial charge in [-0.05, 0) is 39.5 Å². The predicted molar refractivity (Wildman–Crippen MR) is 88.4 cm³/mol. The van der Waals surface area contributed by atoms with E-state index in [9.17, 15) is 4.79 Å². The number of carbonyl (C=O) groups is 1. The first-order valence-corrected chi connectivity index (χ1v) is 8.20. The Balaban J connectivity index is 2.33. The summed E-state index contributed by atoms with van der Waals surface area (Å²) in [5, 5.41) is 11.8. The lowest BCUT2D eigenvalue weighted by molar-refractivity contribution is -0.137. The highest BCUT2D eigenvalue weighted by Gasteiger charge is 2.19. The average molecular weight is 406 g/mol. The van der Waals surface area contributed by atoms with Crippen LogP contribution in [0.15, 0.2) is 28.1 Å². The zero-order valence-electron chi connectivity index (χ0n) is 10.3. The van der Waals surface area contributed by atoms with Gasteiger partial charge in [-0.1, -0.05) is 23.2 Å². The third-order valence-corrected chi connectivity index (χ3v) is 5.46. The topological polar surface area (TPSA) is 55.1 Å². The van der Waals surface area contributed by atoms with Crippen molar-refractivity contribution in [2.24, 2.45) is 0 Å². The Hall–Kier alpha value is -1.08. The minimum atomic E-state index is -0.950. The molecule has 21 heavy (non-hydrogen) atoms. The number of benzene rings is 1. The largest absolute Gasteiger partial charge is 0.480 e. The molecule has 0 aliphatic carbocycles. The van der Waals surface area contributed by atoms with Gasteiger partial charge in [-0.25, -0.2) is 4.98 Å². The van der Waals surface area contributed by atoms with Crippen LogP contribution in [0.4, 0.5) is 0 Å². The molecular weight excluding hydrogens is 399 g/mol. The minimum absolute atomic E-state index is 0.200. The van der Waals surface area contributed by atoms with Crippen molar-refractivity contribution < 1.29 is 9.90 Å². The monoisotopic (exact) mass is 404 g/mol. The van der Waals surface area contributed by atoms with Gasteiger partial charge in [0.25, 0.3) is 0 Å². The molecule has 0 unspecified atom stereocenters. The highest BCUT2D eigenvalue weighted by atomic mass is 79.9. The standard InChI is InChI=1S/C13H7BrCl2N2O2S/c14-6-1-2-21-12(6)13-17-9-3-7(15)8(16)4-10(9)18(13)5-11(19)20/h1-4H,5H2,(H,19,20). The van der Waals surface area contributed by atoms with Crippen LogP contribution >= 0.6 is 50.5 Å². The molecule has 0 saturated heterocycles. The van der Waals surface area contributed by atoms with Gasteiger partial charge in [-0.2, -0.15) is 0 Å². The summed E-state index contributed by atoms with van der Waals surface area (Å²) in [5.74, 6) is -0.373. The van der Waals surface area contributed by atoms with Crippen molar-refractivity contribution in [2.75, 3.05) is 0 Å². The lowest BCUT2D eigenvalue weighted by Gasteiger charge is -2.05. The van der Waals surface area contributed by atoms with Gasteiger partial charge in [-0.15, -0.1) is 11.3 Å². The number of hydrogen-bond donors (Lipinski definition) is 1. The summed E-state index contributed by atoms with van der Waals surface area (Å²) in [6.45, 7) is -0.200. The molecule has 0 saturated carbocycles. The van der Waals surface area contributed by atoms with E-state index in [1.54, 1.807) is 16.7 Å². The molecular formula is C13H7BrCl2N2O2S. The number of imidazole rings is 1. The maximum Gasteiger partial charge on any atom is 0.323 e. The first-order chi connectivity index (χ1) is 9.97. The fourth-order valence-corrected chi connectivity index (χ4v) is 3.90. The molecule has 1 aromatic carbocycles. The number of carboxylic acid groups (broad SMARTS) is 1. The Morgan fingerprint density at radius 1 is 1.38 bits per heavy atom. The van der Waals surface area contributed by atoms with Gasteiger partial charge in [0.2, 0.25) is 0 Å². The second-order valence-electron chi connectivity index (χ2n) is 4.27. The Morgan fingerprint density at radius 3 is 2.71 bits per heavy atom. The Kier molecular flexibility index (Phi) is 3.96. The van der Waals surface area contributed by atoms with E-state index in [2.05, 4.69) is 20.9 Å². The second kappa shape index (κ2) is 5.61. The predicted octanol–water partition coefficient (Wildman–Crippen LogP) is 4.92. The number of aromatic nitrogens is 2. The van der Waals surface area contributed by atoms with Crippen molar-refractivity contribution in [3.05, 3.63) is 38.1 Å². The average Bonchev–Trinajstić information content (AvgIpc) is 2.95. The van der Waals surface area contributed by atoms with Gasteiger partial charge in [0.05, 0.1) is 26.0 Å². The van der Waals surface area contributed by atoms with Crippen LogP contribution in [0.2, 0.25) is 10.0 Å². The van der Waals surface area contributed by atoms with Gasteiger partial charge in [-0.3, -0.25) is 4.79 Å². The van der Waals surface area contributed by atoms with E-state index >= 15 is 0 Å². The Morgan fingerprint density at radius 2 is 2.10 bits per heavy atom. The molecule has 0 amide bonds. The molecule has 0 fully saturated rings. The van der Waals surface area contributed by atoms with Crippen LogP contribution in [0, 0.1) is 0 Å². The maximum absolute atomic E-state index is 11.2. The molecule has 2 aromatic heterocycles. The highest BCUT2D eigenvalue weighted by Crippen LogP contribution is 2.36. The van der Waals surface area contributed by atoms with Gasteiger partial charge in [0.15, 0.2) is 5.82 Å². The molecule has 0 radical (unpaired) electrons. The Labute approximate surface area is 142 Å². The zero-order chi connectivity index (χ0) is 15.1. The van der Waals surface area contributed by atoms with Crippen LogP contribution in [0.25, 0.3) is 21.7 Å². The van der Waals surface area contributed by atoms with Crippen molar-refractivity contribution >= 4 is 67.5 Å². The van der Waals surface area contributed by atoms with E-state index in [1.165, 1.54) is 11.3 Å². The van der Waals surface area contributed by atoms with Crippen LogP contribution in [0.1, 0.15) is 0 Å². The van der Waals surface area contributed by atoms with Crippen LogP contribution in [0.5, 0.6) is 0 Å². The van der Waals surface area contributed by atoms with E-state index in [-0.39, 0.29) is 6.54 Å². The first-order valence-electron chi connectivity index (χ1n) is 5.78. The highest BCUT2D eigenvalue weighted by molar-refractivity contribution is 9.10. The molecule has 3 aromatic rings. The van der Waals surface area contributed by atoms with Crippen LogP contribution in [-0.2, 0) is 11.3 Å².